The van der Waals surface area contributed by atoms with Crippen LogP contribution in [0.15, 0.2) is 24.3 Å². The normalized spacial score (nSPS) is 12.6. The molecule has 1 N–H and O–H groups in total. The van der Waals surface area contributed by atoms with Gasteiger partial charge in [0.2, 0.25) is 0 Å². The SMILES string of the molecule is CCCNCC(CCOCCC)c1cccc(C)c1. The molecule has 1 rings (SSSR count). The van der Waals surface area contributed by atoms with E-state index in [1.807, 2.05) is 0 Å². The lowest BCUT2D eigenvalue weighted by molar-refractivity contribution is 0.127. The Balaban J connectivity index is 2.52. The van der Waals surface area contributed by atoms with Crippen LogP contribution in [0.4, 0.5) is 0 Å². The minimum atomic E-state index is 0.559. The molecule has 108 valence electrons. The summed E-state index contributed by atoms with van der Waals surface area (Å²) in [6.07, 6.45) is 3.39. The summed E-state index contributed by atoms with van der Waals surface area (Å²) < 4.78 is 5.64. The van der Waals surface area contributed by atoms with Crippen molar-refractivity contribution < 1.29 is 4.74 Å². The van der Waals surface area contributed by atoms with Crippen LogP contribution in [0.1, 0.15) is 50.2 Å². The third kappa shape index (κ3) is 6.74. The van der Waals surface area contributed by atoms with Crippen LogP contribution in [-0.2, 0) is 4.74 Å². The Morgan fingerprint density at radius 2 is 2.00 bits per heavy atom. The van der Waals surface area contributed by atoms with Crippen molar-refractivity contribution in [3.63, 3.8) is 0 Å². The Morgan fingerprint density at radius 3 is 2.68 bits per heavy atom. The van der Waals surface area contributed by atoms with Gasteiger partial charge in [-0.25, -0.2) is 0 Å². The van der Waals surface area contributed by atoms with E-state index >= 15 is 0 Å². The van der Waals surface area contributed by atoms with Crippen LogP contribution in [-0.4, -0.2) is 26.3 Å². The van der Waals surface area contributed by atoms with Crippen LogP contribution in [0.3, 0.4) is 0 Å². The minimum Gasteiger partial charge on any atom is -0.381 e. The predicted molar refractivity (Wildman–Crippen MR) is 82.8 cm³/mol. The number of hydrogen-bond acceptors (Lipinski definition) is 2. The first-order valence-electron chi connectivity index (χ1n) is 7.63. The van der Waals surface area contributed by atoms with Gasteiger partial charge in [-0.15, -0.1) is 0 Å². The van der Waals surface area contributed by atoms with Crippen LogP contribution < -0.4 is 5.32 Å². The summed E-state index contributed by atoms with van der Waals surface area (Å²) in [7, 11) is 0. The monoisotopic (exact) mass is 263 g/mol. The van der Waals surface area contributed by atoms with E-state index in [2.05, 4.69) is 50.4 Å². The number of hydrogen-bond donors (Lipinski definition) is 1. The lowest BCUT2D eigenvalue weighted by atomic mass is 9.94. The first-order chi connectivity index (χ1) is 9.27. The maximum Gasteiger partial charge on any atom is 0.0472 e. The molecule has 1 atom stereocenters. The van der Waals surface area contributed by atoms with Gasteiger partial charge >= 0.3 is 0 Å². The van der Waals surface area contributed by atoms with Crippen molar-refractivity contribution in [3.05, 3.63) is 35.4 Å². The average Bonchev–Trinajstić information content (AvgIpc) is 2.41. The molecule has 0 saturated heterocycles. The van der Waals surface area contributed by atoms with Gasteiger partial charge in [-0.1, -0.05) is 43.7 Å². The molecule has 2 nitrogen and oxygen atoms in total. The molecular formula is C17H29NO. The van der Waals surface area contributed by atoms with Crippen LogP contribution in [0.25, 0.3) is 0 Å². The van der Waals surface area contributed by atoms with Gasteiger partial charge in [0.1, 0.15) is 0 Å². The summed E-state index contributed by atoms with van der Waals surface area (Å²) >= 11 is 0. The van der Waals surface area contributed by atoms with Crippen molar-refractivity contribution in [2.75, 3.05) is 26.3 Å². The van der Waals surface area contributed by atoms with Crippen LogP contribution in [0.5, 0.6) is 0 Å². The molecule has 0 saturated carbocycles. The second kappa shape index (κ2) is 9.99. The highest BCUT2D eigenvalue weighted by molar-refractivity contribution is 5.25. The summed E-state index contributed by atoms with van der Waals surface area (Å²) in [5.74, 6) is 0.559. The highest BCUT2D eigenvalue weighted by atomic mass is 16.5. The van der Waals surface area contributed by atoms with Gasteiger partial charge in [-0.3, -0.25) is 0 Å². The standard InChI is InChI=1S/C17H29NO/c1-4-10-18-14-17(9-12-19-11-5-2)16-8-6-7-15(3)13-16/h6-8,13,17-18H,4-5,9-12,14H2,1-3H3. The molecule has 0 amide bonds. The van der Waals surface area contributed by atoms with Gasteiger partial charge in [0.05, 0.1) is 0 Å². The molecule has 0 aliphatic rings. The molecule has 0 aliphatic heterocycles. The second-order valence-electron chi connectivity index (χ2n) is 5.22. The summed E-state index contributed by atoms with van der Waals surface area (Å²) in [6, 6.07) is 8.86. The third-order valence-electron chi connectivity index (χ3n) is 3.29. The maximum atomic E-state index is 5.64. The first-order valence-corrected chi connectivity index (χ1v) is 7.63. The van der Waals surface area contributed by atoms with Crippen LogP contribution >= 0.6 is 0 Å². The van der Waals surface area contributed by atoms with Gasteiger partial charge in [-0.2, -0.15) is 0 Å². The average molecular weight is 263 g/mol. The Hall–Kier alpha value is -0.860. The fourth-order valence-corrected chi connectivity index (χ4v) is 2.24. The Kier molecular flexibility index (Phi) is 8.52. The Morgan fingerprint density at radius 1 is 1.16 bits per heavy atom. The van der Waals surface area contributed by atoms with E-state index < -0.39 is 0 Å². The van der Waals surface area contributed by atoms with Crippen molar-refractivity contribution in [1.29, 1.82) is 0 Å². The number of aryl methyl sites for hydroxylation is 1. The third-order valence-corrected chi connectivity index (χ3v) is 3.29. The van der Waals surface area contributed by atoms with Crippen molar-refractivity contribution in [2.45, 2.75) is 46.0 Å². The predicted octanol–water partition coefficient (Wildman–Crippen LogP) is 3.89. The molecule has 1 aromatic rings. The highest BCUT2D eigenvalue weighted by Gasteiger charge is 2.11. The number of benzene rings is 1. The molecule has 0 fully saturated rings. The quantitative estimate of drug-likeness (QED) is 0.647. The molecule has 0 radical (unpaired) electrons. The molecule has 0 spiro atoms. The van der Waals surface area contributed by atoms with Crippen molar-refractivity contribution in [1.82, 2.24) is 5.32 Å². The van der Waals surface area contributed by atoms with E-state index in [1.54, 1.807) is 0 Å². The van der Waals surface area contributed by atoms with E-state index in [1.165, 1.54) is 17.5 Å². The lowest BCUT2D eigenvalue weighted by Gasteiger charge is -2.18. The number of ether oxygens (including phenoxy) is 1. The van der Waals surface area contributed by atoms with Gasteiger partial charge in [-0.05, 0) is 44.2 Å². The molecule has 0 aromatic heterocycles. The largest absolute Gasteiger partial charge is 0.381 e. The molecular weight excluding hydrogens is 234 g/mol. The smallest absolute Gasteiger partial charge is 0.0472 e. The fraction of sp³-hybridized carbons (Fsp3) is 0.647. The summed E-state index contributed by atoms with van der Waals surface area (Å²) in [5.41, 5.74) is 2.77. The molecule has 0 bridgehead atoms. The highest BCUT2D eigenvalue weighted by Crippen LogP contribution is 2.20. The molecule has 19 heavy (non-hydrogen) atoms. The zero-order chi connectivity index (χ0) is 13.9. The summed E-state index contributed by atoms with van der Waals surface area (Å²) in [5, 5.41) is 3.54. The van der Waals surface area contributed by atoms with Crippen molar-refractivity contribution in [2.24, 2.45) is 0 Å². The summed E-state index contributed by atoms with van der Waals surface area (Å²) in [4.78, 5) is 0. The van der Waals surface area contributed by atoms with Gasteiger partial charge < -0.3 is 10.1 Å². The molecule has 0 heterocycles. The molecule has 2 heteroatoms. The Labute approximate surface area is 118 Å². The van der Waals surface area contributed by atoms with E-state index in [0.29, 0.717) is 5.92 Å². The molecule has 1 aromatic carbocycles. The topological polar surface area (TPSA) is 21.3 Å². The second-order valence-corrected chi connectivity index (χ2v) is 5.22. The lowest BCUT2D eigenvalue weighted by Crippen LogP contribution is -2.23. The van der Waals surface area contributed by atoms with Crippen molar-refractivity contribution >= 4 is 0 Å². The van der Waals surface area contributed by atoms with Crippen LogP contribution in [0, 0.1) is 6.92 Å². The number of rotatable bonds is 10. The van der Waals surface area contributed by atoms with E-state index in [-0.39, 0.29) is 0 Å². The van der Waals surface area contributed by atoms with E-state index in [4.69, 9.17) is 4.74 Å². The minimum absolute atomic E-state index is 0.559. The zero-order valence-electron chi connectivity index (χ0n) is 12.7. The van der Waals surface area contributed by atoms with E-state index in [0.717, 1.165) is 39.1 Å². The Bertz CT molecular complexity index is 338. The van der Waals surface area contributed by atoms with Gasteiger partial charge in [0.25, 0.3) is 0 Å². The molecule has 1 unspecified atom stereocenters. The first kappa shape index (κ1) is 16.2. The van der Waals surface area contributed by atoms with Crippen molar-refractivity contribution in [3.8, 4) is 0 Å². The fourth-order valence-electron chi connectivity index (χ4n) is 2.24. The maximum absolute atomic E-state index is 5.64. The van der Waals surface area contributed by atoms with E-state index in [9.17, 15) is 0 Å². The van der Waals surface area contributed by atoms with Gasteiger partial charge in [0, 0.05) is 19.8 Å². The summed E-state index contributed by atoms with van der Waals surface area (Å²) in [6.45, 7) is 10.4. The zero-order valence-corrected chi connectivity index (χ0v) is 12.7. The van der Waals surface area contributed by atoms with Gasteiger partial charge in [0.15, 0.2) is 0 Å². The van der Waals surface area contributed by atoms with Crippen LogP contribution in [0.2, 0.25) is 0 Å². The number of nitrogens with one attached hydrogen (secondary N) is 1. The molecule has 0 aliphatic carbocycles.